The van der Waals surface area contributed by atoms with Gasteiger partial charge in [-0.1, -0.05) is 0 Å². The number of halogens is 4. The summed E-state index contributed by atoms with van der Waals surface area (Å²) >= 11 is 0. The highest BCUT2D eigenvalue weighted by Gasteiger charge is 2.31. The van der Waals surface area contributed by atoms with Crippen molar-refractivity contribution in [1.82, 2.24) is 0 Å². The monoisotopic (exact) mass is 222 g/mol. The van der Waals surface area contributed by atoms with Gasteiger partial charge in [-0.15, -0.1) is 0 Å². The SMILES string of the molecule is C[C@@H](O)Cc1cc(C(F)(F)F)ccc1F. The molecule has 5 heteroatoms. The molecule has 0 saturated heterocycles. The Balaban J connectivity index is 3.06. The predicted octanol–water partition coefficient (Wildman–Crippen LogP) is 2.77. The molecule has 1 atom stereocenters. The van der Waals surface area contributed by atoms with Gasteiger partial charge in [-0.05, 0) is 30.7 Å². The lowest BCUT2D eigenvalue weighted by atomic mass is 10.0. The van der Waals surface area contributed by atoms with Gasteiger partial charge in [0.15, 0.2) is 0 Å². The predicted molar refractivity (Wildman–Crippen MR) is 46.8 cm³/mol. The maximum atomic E-state index is 13.0. The van der Waals surface area contributed by atoms with Gasteiger partial charge in [0.1, 0.15) is 5.82 Å². The summed E-state index contributed by atoms with van der Waals surface area (Å²) < 4.78 is 49.8. The number of aliphatic hydroxyl groups excluding tert-OH is 1. The highest BCUT2D eigenvalue weighted by atomic mass is 19.4. The molecular weight excluding hydrogens is 212 g/mol. The zero-order chi connectivity index (χ0) is 11.6. The van der Waals surface area contributed by atoms with Crippen molar-refractivity contribution >= 4 is 0 Å². The van der Waals surface area contributed by atoms with Crippen LogP contribution < -0.4 is 0 Å². The molecule has 0 spiro atoms. The lowest BCUT2D eigenvalue weighted by Gasteiger charge is -2.10. The van der Waals surface area contributed by atoms with Gasteiger partial charge in [0, 0.05) is 6.42 Å². The van der Waals surface area contributed by atoms with Crippen LogP contribution in [0.15, 0.2) is 18.2 Å². The molecule has 1 aromatic rings. The van der Waals surface area contributed by atoms with Crippen LogP contribution >= 0.6 is 0 Å². The first-order chi connectivity index (χ1) is 6.80. The van der Waals surface area contributed by atoms with Crippen molar-refractivity contribution in [3.05, 3.63) is 35.1 Å². The summed E-state index contributed by atoms with van der Waals surface area (Å²) in [5, 5.41) is 8.98. The summed E-state index contributed by atoms with van der Waals surface area (Å²) in [5.41, 5.74) is -1.03. The molecule has 0 amide bonds. The molecule has 0 heterocycles. The highest BCUT2D eigenvalue weighted by Crippen LogP contribution is 2.30. The first-order valence-corrected chi connectivity index (χ1v) is 4.34. The van der Waals surface area contributed by atoms with Crippen LogP contribution in [0, 0.1) is 5.82 Å². The van der Waals surface area contributed by atoms with Crippen LogP contribution in [0.1, 0.15) is 18.1 Å². The standard InChI is InChI=1S/C10H10F4O/c1-6(15)4-7-5-8(10(12,13)14)2-3-9(7)11/h2-3,5-6,15H,4H2,1H3/t6-/m1/s1. The van der Waals surface area contributed by atoms with Crippen molar-refractivity contribution in [1.29, 1.82) is 0 Å². The number of hydrogen-bond donors (Lipinski definition) is 1. The summed E-state index contributed by atoms with van der Waals surface area (Å²) in [7, 11) is 0. The Morgan fingerprint density at radius 1 is 1.33 bits per heavy atom. The third kappa shape index (κ3) is 3.20. The molecule has 1 nitrogen and oxygen atoms in total. The van der Waals surface area contributed by atoms with Gasteiger partial charge in [0.25, 0.3) is 0 Å². The van der Waals surface area contributed by atoms with Gasteiger partial charge in [-0.25, -0.2) is 4.39 Å². The largest absolute Gasteiger partial charge is 0.416 e. The molecule has 84 valence electrons. The lowest BCUT2D eigenvalue weighted by Crippen LogP contribution is -2.10. The second-order valence-corrected chi connectivity index (χ2v) is 3.36. The number of benzene rings is 1. The minimum Gasteiger partial charge on any atom is -0.393 e. The average molecular weight is 222 g/mol. The lowest BCUT2D eigenvalue weighted by molar-refractivity contribution is -0.137. The van der Waals surface area contributed by atoms with Gasteiger partial charge in [0.2, 0.25) is 0 Å². The van der Waals surface area contributed by atoms with Crippen LogP contribution in [0.5, 0.6) is 0 Å². The van der Waals surface area contributed by atoms with E-state index in [4.69, 9.17) is 5.11 Å². The van der Waals surface area contributed by atoms with Crippen LogP contribution in [0.25, 0.3) is 0 Å². The maximum absolute atomic E-state index is 13.0. The van der Waals surface area contributed by atoms with E-state index < -0.39 is 23.7 Å². The third-order valence-electron chi connectivity index (χ3n) is 1.89. The Labute approximate surface area is 84.3 Å². The average Bonchev–Trinajstić information content (AvgIpc) is 2.06. The fourth-order valence-electron chi connectivity index (χ4n) is 1.23. The van der Waals surface area contributed by atoms with Crippen molar-refractivity contribution in [2.24, 2.45) is 0 Å². The van der Waals surface area contributed by atoms with Crippen molar-refractivity contribution in [3.8, 4) is 0 Å². The molecule has 0 aromatic heterocycles. The number of rotatable bonds is 2. The van der Waals surface area contributed by atoms with E-state index in [1.807, 2.05) is 0 Å². The highest BCUT2D eigenvalue weighted by molar-refractivity contribution is 5.27. The molecule has 15 heavy (non-hydrogen) atoms. The van der Waals surface area contributed by atoms with Crippen LogP contribution in [-0.4, -0.2) is 11.2 Å². The smallest absolute Gasteiger partial charge is 0.393 e. The Hall–Kier alpha value is -1.10. The minimum atomic E-state index is -4.48. The first kappa shape index (κ1) is 12.0. The molecule has 1 N–H and O–H groups in total. The van der Waals surface area contributed by atoms with Gasteiger partial charge in [0.05, 0.1) is 11.7 Å². The van der Waals surface area contributed by atoms with E-state index in [1.54, 1.807) is 0 Å². The summed E-state index contributed by atoms with van der Waals surface area (Å²) in [4.78, 5) is 0. The second-order valence-electron chi connectivity index (χ2n) is 3.36. The maximum Gasteiger partial charge on any atom is 0.416 e. The van der Waals surface area contributed by atoms with Gasteiger partial charge >= 0.3 is 6.18 Å². The van der Waals surface area contributed by atoms with Crippen LogP contribution in [0.3, 0.4) is 0 Å². The third-order valence-corrected chi connectivity index (χ3v) is 1.89. The molecule has 0 aliphatic heterocycles. The number of alkyl halides is 3. The molecule has 0 bridgehead atoms. The van der Waals surface area contributed by atoms with Crippen molar-refractivity contribution in [2.45, 2.75) is 25.6 Å². The topological polar surface area (TPSA) is 20.2 Å². The van der Waals surface area contributed by atoms with E-state index in [-0.39, 0.29) is 12.0 Å². The molecule has 1 aromatic carbocycles. The van der Waals surface area contributed by atoms with Crippen molar-refractivity contribution in [3.63, 3.8) is 0 Å². The molecule has 0 radical (unpaired) electrons. The molecule has 0 fully saturated rings. The fraction of sp³-hybridized carbons (Fsp3) is 0.400. The molecular formula is C10H10F4O. The van der Waals surface area contributed by atoms with E-state index in [0.29, 0.717) is 6.07 Å². The summed E-state index contributed by atoms with van der Waals surface area (Å²) in [5.74, 6) is -0.732. The van der Waals surface area contributed by atoms with E-state index in [2.05, 4.69) is 0 Å². The van der Waals surface area contributed by atoms with Crippen molar-refractivity contribution < 1.29 is 22.7 Å². The van der Waals surface area contributed by atoms with Crippen LogP contribution in [0.4, 0.5) is 17.6 Å². The number of aliphatic hydroxyl groups is 1. The first-order valence-electron chi connectivity index (χ1n) is 4.34. The van der Waals surface area contributed by atoms with Crippen LogP contribution in [0.2, 0.25) is 0 Å². The van der Waals surface area contributed by atoms with E-state index in [1.165, 1.54) is 6.92 Å². The molecule has 0 aliphatic carbocycles. The van der Waals surface area contributed by atoms with E-state index in [0.717, 1.165) is 12.1 Å². The zero-order valence-electron chi connectivity index (χ0n) is 7.98. The zero-order valence-corrected chi connectivity index (χ0v) is 7.98. The van der Waals surface area contributed by atoms with Crippen LogP contribution in [-0.2, 0) is 12.6 Å². The minimum absolute atomic E-state index is 0.125. The van der Waals surface area contributed by atoms with E-state index >= 15 is 0 Å². The van der Waals surface area contributed by atoms with Gasteiger partial charge < -0.3 is 5.11 Å². The van der Waals surface area contributed by atoms with Gasteiger partial charge in [-0.2, -0.15) is 13.2 Å². The van der Waals surface area contributed by atoms with Crippen molar-refractivity contribution in [2.75, 3.05) is 0 Å². The number of hydrogen-bond acceptors (Lipinski definition) is 1. The summed E-state index contributed by atoms with van der Waals surface area (Å²) in [6, 6.07) is 2.17. The van der Waals surface area contributed by atoms with Gasteiger partial charge in [-0.3, -0.25) is 0 Å². The Bertz CT molecular complexity index is 344. The Morgan fingerprint density at radius 2 is 1.93 bits per heavy atom. The summed E-state index contributed by atoms with van der Waals surface area (Å²) in [6.45, 7) is 1.39. The molecule has 0 aliphatic rings. The Kier molecular flexibility index (Phi) is 3.34. The fourth-order valence-corrected chi connectivity index (χ4v) is 1.23. The summed E-state index contributed by atoms with van der Waals surface area (Å²) in [6.07, 6.45) is -5.49. The molecule has 1 rings (SSSR count). The van der Waals surface area contributed by atoms with E-state index in [9.17, 15) is 17.6 Å². The molecule has 0 unspecified atom stereocenters. The Morgan fingerprint density at radius 3 is 2.40 bits per heavy atom. The molecule has 0 saturated carbocycles. The second kappa shape index (κ2) is 4.18. The quantitative estimate of drug-likeness (QED) is 0.763. The normalized spacial score (nSPS) is 14.0.